The molecule has 1 unspecified atom stereocenters. The fraction of sp³-hybridized carbons (Fsp3) is 0.562. The van der Waals surface area contributed by atoms with Crippen molar-refractivity contribution in [3.63, 3.8) is 0 Å². The number of pyridine rings is 1. The van der Waals surface area contributed by atoms with Gasteiger partial charge in [-0.2, -0.15) is 5.10 Å². The first kappa shape index (κ1) is 15.5. The van der Waals surface area contributed by atoms with Gasteiger partial charge in [0.25, 0.3) is 0 Å². The van der Waals surface area contributed by atoms with E-state index in [0.29, 0.717) is 6.04 Å². The first-order valence-corrected chi connectivity index (χ1v) is 7.87. The first-order chi connectivity index (χ1) is 10.3. The number of hydrogen-bond acceptors (Lipinski definition) is 4. The highest BCUT2D eigenvalue weighted by Crippen LogP contribution is 2.18. The molecule has 2 rings (SSSR count). The van der Waals surface area contributed by atoms with Crippen LogP contribution in [0.4, 0.5) is 5.69 Å². The van der Waals surface area contributed by atoms with Crippen LogP contribution in [0.15, 0.2) is 31.0 Å². The Balaban J connectivity index is 1.88. The van der Waals surface area contributed by atoms with Crippen LogP contribution < -0.4 is 5.32 Å². The third-order valence-corrected chi connectivity index (χ3v) is 3.57. The number of anilines is 1. The van der Waals surface area contributed by atoms with E-state index in [4.69, 9.17) is 0 Å². The van der Waals surface area contributed by atoms with E-state index in [-0.39, 0.29) is 0 Å². The van der Waals surface area contributed by atoms with E-state index in [2.05, 4.69) is 34.2 Å². The molecule has 2 aromatic rings. The quantitative estimate of drug-likeness (QED) is 0.712. The lowest BCUT2D eigenvalue weighted by Gasteiger charge is -2.17. The summed E-state index contributed by atoms with van der Waals surface area (Å²) in [6.07, 6.45) is 12.7. The molecular weight excluding hydrogens is 262 g/mol. The Morgan fingerprint density at radius 3 is 2.86 bits per heavy atom. The lowest BCUT2D eigenvalue weighted by atomic mass is 10.1. The van der Waals surface area contributed by atoms with Crippen molar-refractivity contribution >= 4 is 5.69 Å². The summed E-state index contributed by atoms with van der Waals surface area (Å²) in [6, 6.07) is 4.41. The van der Waals surface area contributed by atoms with Crippen molar-refractivity contribution in [1.82, 2.24) is 19.7 Å². The van der Waals surface area contributed by atoms with Crippen molar-refractivity contribution in [3.8, 4) is 5.82 Å². The van der Waals surface area contributed by atoms with Crippen molar-refractivity contribution in [1.29, 1.82) is 0 Å². The normalized spacial score (nSPS) is 12.3. The summed E-state index contributed by atoms with van der Waals surface area (Å²) in [5, 5.41) is 7.69. The highest BCUT2D eigenvalue weighted by molar-refractivity contribution is 5.56. The zero-order valence-electron chi connectivity index (χ0n) is 13.0. The number of nitrogens with one attached hydrogen (secondary N) is 1. The van der Waals surface area contributed by atoms with Crippen molar-refractivity contribution in [2.24, 2.45) is 0 Å². The Bertz CT molecular complexity index is 509. The van der Waals surface area contributed by atoms with Gasteiger partial charge in [-0.1, -0.05) is 39.0 Å². The molecule has 0 fully saturated rings. The van der Waals surface area contributed by atoms with Crippen molar-refractivity contribution < 1.29 is 0 Å². The van der Waals surface area contributed by atoms with Crippen molar-refractivity contribution in [3.05, 3.63) is 31.0 Å². The summed E-state index contributed by atoms with van der Waals surface area (Å²) in [7, 11) is 0. The Kier molecular flexibility index (Phi) is 6.19. The van der Waals surface area contributed by atoms with Crippen molar-refractivity contribution in [2.45, 2.75) is 58.4 Å². The van der Waals surface area contributed by atoms with Gasteiger partial charge in [0.15, 0.2) is 5.82 Å². The lowest BCUT2D eigenvalue weighted by Crippen LogP contribution is -2.17. The summed E-state index contributed by atoms with van der Waals surface area (Å²) in [4.78, 5) is 8.37. The van der Waals surface area contributed by atoms with Gasteiger partial charge in [0.05, 0.1) is 5.69 Å². The molecule has 114 valence electrons. The van der Waals surface area contributed by atoms with E-state index in [0.717, 1.165) is 11.5 Å². The molecule has 0 spiro atoms. The Labute approximate surface area is 126 Å². The largest absolute Gasteiger partial charge is 0.380 e. The number of rotatable bonds is 9. The van der Waals surface area contributed by atoms with Gasteiger partial charge in [0.1, 0.15) is 12.7 Å². The average molecular weight is 287 g/mol. The maximum absolute atomic E-state index is 4.39. The minimum absolute atomic E-state index is 0.429. The summed E-state index contributed by atoms with van der Waals surface area (Å²) in [5.74, 6) is 0.799. The minimum atomic E-state index is 0.429. The van der Waals surface area contributed by atoms with Crippen LogP contribution >= 0.6 is 0 Å². The third-order valence-electron chi connectivity index (χ3n) is 3.57. The summed E-state index contributed by atoms with van der Waals surface area (Å²) in [5.41, 5.74) is 1.00. The molecule has 5 heteroatoms. The maximum atomic E-state index is 4.39. The molecule has 0 aliphatic rings. The van der Waals surface area contributed by atoms with Crippen LogP contribution in [0.5, 0.6) is 0 Å². The summed E-state index contributed by atoms with van der Waals surface area (Å²) < 4.78 is 1.69. The first-order valence-electron chi connectivity index (χ1n) is 7.87. The molecule has 0 aliphatic carbocycles. The van der Waals surface area contributed by atoms with Crippen LogP contribution in [0.3, 0.4) is 0 Å². The molecule has 0 bridgehead atoms. The van der Waals surface area contributed by atoms with Crippen molar-refractivity contribution in [2.75, 3.05) is 5.32 Å². The number of unbranched alkanes of at least 4 members (excludes halogenated alkanes) is 4. The molecule has 0 aromatic carbocycles. The molecule has 21 heavy (non-hydrogen) atoms. The predicted octanol–water partition coefficient (Wildman–Crippen LogP) is 3.82. The Morgan fingerprint density at radius 1 is 1.24 bits per heavy atom. The fourth-order valence-electron chi connectivity index (χ4n) is 2.40. The topological polar surface area (TPSA) is 55.6 Å². The fourth-order valence-corrected chi connectivity index (χ4v) is 2.40. The second-order valence-electron chi connectivity index (χ2n) is 5.46. The zero-order valence-corrected chi connectivity index (χ0v) is 13.0. The van der Waals surface area contributed by atoms with E-state index < -0.39 is 0 Å². The Hall–Kier alpha value is -1.91. The molecule has 5 nitrogen and oxygen atoms in total. The van der Waals surface area contributed by atoms with Gasteiger partial charge >= 0.3 is 0 Å². The summed E-state index contributed by atoms with van der Waals surface area (Å²) in [6.45, 7) is 4.47. The SMILES string of the molecule is CCCCCCCC(C)Nc1cccnc1-n1cncn1. The van der Waals surface area contributed by atoms with E-state index in [1.165, 1.54) is 44.9 Å². The van der Waals surface area contributed by atoms with E-state index in [9.17, 15) is 0 Å². The predicted molar refractivity (Wildman–Crippen MR) is 85.6 cm³/mol. The molecule has 1 N–H and O–H groups in total. The van der Waals surface area contributed by atoms with Gasteiger partial charge in [-0.15, -0.1) is 0 Å². The van der Waals surface area contributed by atoms with Gasteiger partial charge in [-0.05, 0) is 25.5 Å². The van der Waals surface area contributed by atoms with Gasteiger partial charge in [0.2, 0.25) is 0 Å². The molecule has 0 saturated carbocycles. The van der Waals surface area contributed by atoms with Gasteiger partial charge in [0, 0.05) is 12.2 Å². The standard InChI is InChI=1S/C16H25N5/c1-3-4-5-6-7-9-14(2)20-15-10-8-11-18-16(15)21-13-17-12-19-21/h8,10-14,20H,3-7,9H2,1-2H3. The van der Waals surface area contributed by atoms with E-state index in [1.54, 1.807) is 17.2 Å². The molecule has 0 aliphatic heterocycles. The molecule has 0 amide bonds. The molecule has 2 aromatic heterocycles. The number of aromatic nitrogens is 4. The van der Waals surface area contributed by atoms with E-state index in [1.807, 2.05) is 12.1 Å². The molecule has 2 heterocycles. The summed E-state index contributed by atoms with van der Waals surface area (Å²) >= 11 is 0. The number of hydrogen-bond donors (Lipinski definition) is 1. The zero-order chi connectivity index (χ0) is 14.9. The Morgan fingerprint density at radius 2 is 2.10 bits per heavy atom. The van der Waals surface area contributed by atoms with Crippen LogP contribution in [0, 0.1) is 0 Å². The van der Waals surface area contributed by atoms with Gasteiger partial charge < -0.3 is 5.32 Å². The van der Waals surface area contributed by atoms with E-state index >= 15 is 0 Å². The number of nitrogens with zero attached hydrogens (tertiary/aromatic N) is 4. The second-order valence-corrected chi connectivity index (χ2v) is 5.46. The monoisotopic (exact) mass is 287 g/mol. The highest BCUT2D eigenvalue weighted by atomic mass is 15.3. The molecule has 0 saturated heterocycles. The third kappa shape index (κ3) is 4.85. The van der Waals surface area contributed by atoms with Crippen LogP contribution in [-0.2, 0) is 0 Å². The lowest BCUT2D eigenvalue weighted by molar-refractivity contribution is 0.578. The van der Waals surface area contributed by atoms with Crippen LogP contribution in [0.2, 0.25) is 0 Å². The van der Waals surface area contributed by atoms with Gasteiger partial charge in [-0.25, -0.2) is 14.6 Å². The van der Waals surface area contributed by atoms with Crippen LogP contribution in [0.1, 0.15) is 52.4 Å². The molecular formula is C16H25N5. The average Bonchev–Trinajstić information content (AvgIpc) is 3.02. The minimum Gasteiger partial charge on any atom is -0.380 e. The van der Waals surface area contributed by atoms with Gasteiger partial charge in [-0.3, -0.25) is 0 Å². The maximum Gasteiger partial charge on any atom is 0.178 e. The van der Waals surface area contributed by atoms with Crippen LogP contribution in [-0.4, -0.2) is 25.8 Å². The molecule has 1 atom stereocenters. The smallest absolute Gasteiger partial charge is 0.178 e. The highest BCUT2D eigenvalue weighted by Gasteiger charge is 2.09. The van der Waals surface area contributed by atoms with Crippen LogP contribution in [0.25, 0.3) is 5.82 Å². The second kappa shape index (κ2) is 8.39. The molecule has 0 radical (unpaired) electrons.